The van der Waals surface area contributed by atoms with Crippen LogP contribution in [-0.2, 0) is 87.6 Å². The summed E-state index contributed by atoms with van der Waals surface area (Å²) >= 11 is 5.30. The molecule has 768 valence electrons. The van der Waals surface area contributed by atoms with E-state index in [1.54, 1.807) is 35.2 Å². The number of aromatic carboxylic acids is 1. The molecule has 3 N–H and O–H groups in total. The SMILES string of the molecule is CCCCC[C@H](O)c1ccc(N2C(=O)C(C)C[C@@H]2COCc2ccc(C(=O)O)s2)cc1.CCCCC[C@H](O)c1ccc(N2C(=O)C(C)C[C@@H]2COCc2ccc(C(=O)OC)s2)cc1.CCCCC[C@H](O[Si](C)(C)C(C)(C)C)c1ccc(N2C(=O)C(C)C[C@@H]2COCc2ccc(C(=O)OC)s2)cc1.CCCCC[C@H](O[Si](C)(C)C(C)(C)C)c1ccc(N2C(=O)CC[C@@H]2COCc2ccc(C(=O)OC)s2)cc1. The number of rotatable bonds is 48. The maximum Gasteiger partial charge on any atom is 0.348 e. The van der Waals surface area contributed by atoms with E-state index in [4.69, 9.17) is 47.1 Å². The number of carboxylic acid groups (broad SMARTS) is 1. The number of esters is 3. The van der Waals surface area contributed by atoms with Gasteiger partial charge in [-0.25, -0.2) is 19.2 Å². The Morgan fingerprint density at radius 1 is 0.371 bits per heavy atom. The van der Waals surface area contributed by atoms with Crippen LogP contribution in [0.4, 0.5) is 22.7 Å². The summed E-state index contributed by atoms with van der Waals surface area (Å²) in [6.45, 7) is 40.8. The van der Waals surface area contributed by atoms with Crippen molar-refractivity contribution in [3.8, 4) is 0 Å². The molecule has 8 aromatic rings. The third-order valence-electron chi connectivity index (χ3n) is 27.5. The van der Waals surface area contributed by atoms with Gasteiger partial charge in [0, 0.05) is 66.4 Å². The van der Waals surface area contributed by atoms with Crippen LogP contribution >= 0.6 is 45.3 Å². The Bertz CT molecular complexity index is 5200. The molecule has 3 unspecified atom stereocenters. The molecule has 4 fully saturated rings. The van der Waals surface area contributed by atoms with E-state index in [0.717, 1.165) is 150 Å². The van der Waals surface area contributed by atoms with Crippen molar-refractivity contribution in [2.24, 2.45) is 17.8 Å². The summed E-state index contributed by atoms with van der Waals surface area (Å²) in [5.41, 5.74) is 7.60. The average molecular weight is 2040 g/mol. The summed E-state index contributed by atoms with van der Waals surface area (Å²) in [7, 11) is 0.261. The van der Waals surface area contributed by atoms with Gasteiger partial charge in [-0.2, -0.15) is 0 Å². The number of hydrogen-bond donors (Lipinski definition) is 3. The first-order valence-corrected chi connectivity index (χ1v) is 59.3. The number of methoxy groups -OCH3 is 3. The number of thiophene rings is 4. The summed E-state index contributed by atoms with van der Waals surface area (Å²) in [4.78, 5) is 111. The Labute approximate surface area is 850 Å². The molecular weight excluding hydrogens is 1880 g/mol. The van der Waals surface area contributed by atoms with Crippen molar-refractivity contribution < 1.29 is 95.7 Å². The number of carboxylic acids is 1. The Kier molecular flexibility index (Phi) is 45.7. The lowest BCUT2D eigenvalue weighted by molar-refractivity contribution is -0.120. The zero-order valence-corrected chi connectivity index (χ0v) is 91.7. The van der Waals surface area contributed by atoms with E-state index in [-0.39, 0.29) is 106 Å². The molecule has 24 nitrogen and oxygen atoms in total. The molecule has 4 aliphatic heterocycles. The molecule has 8 heterocycles. The maximum atomic E-state index is 13.2. The van der Waals surface area contributed by atoms with E-state index in [0.29, 0.717) is 85.2 Å². The van der Waals surface area contributed by atoms with Crippen LogP contribution in [0.1, 0.15) is 330 Å². The van der Waals surface area contributed by atoms with Crippen molar-refractivity contribution in [2.45, 2.75) is 336 Å². The Morgan fingerprint density at radius 2 is 0.636 bits per heavy atom. The fourth-order valence-electron chi connectivity index (χ4n) is 17.3. The van der Waals surface area contributed by atoms with Gasteiger partial charge < -0.3 is 76.9 Å². The number of ether oxygens (including phenoxy) is 7. The van der Waals surface area contributed by atoms with Gasteiger partial charge in [-0.05, 0) is 207 Å². The van der Waals surface area contributed by atoms with Gasteiger partial charge >= 0.3 is 23.9 Å². The van der Waals surface area contributed by atoms with Crippen molar-refractivity contribution in [1.29, 1.82) is 0 Å². The minimum absolute atomic E-state index is 0.00257. The van der Waals surface area contributed by atoms with Gasteiger partial charge in [0.05, 0.1) is 123 Å². The number of unbranched alkanes of at least 4 members (excludes halogenated alkanes) is 8. The molecule has 4 amide bonds. The fourth-order valence-corrected chi connectivity index (χ4v) is 23.3. The van der Waals surface area contributed by atoms with Crippen molar-refractivity contribution >= 4 is 132 Å². The summed E-state index contributed by atoms with van der Waals surface area (Å²) in [5, 5.41) is 30.1. The van der Waals surface area contributed by atoms with Gasteiger partial charge in [-0.15, -0.1) is 45.3 Å². The van der Waals surface area contributed by atoms with Gasteiger partial charge in [-0.1, -0.05) is 216 Å². The molecule has 30 heteroatoms. The molecule has 0 radical (unpaired) electrons. The highest BCUT2D eigenvalue weighted by Crippen LogP contribution is 2.45. The predicted molar refractivity (Wildman–Crippen MR) is 567 cm³/mol. The van der Waals surface area contributed by atoms with E-state index < -0.39 is 34.8 Å². The van der Waals surface area contributed by atoms with Crippen LogP contribution in [0, 0.1) is 17.8 Å². The summed E-state index contributed by atoms with van der Waals surface area (Å²) < 4.78 is 51.8. The number of amides is 4. The topological polar surface area (TPSA) is 293 Å². The smallest absolute Gasteiger partial charge is 0.348 e. The maximum absolute atomic E-state index is 13.2. The van der Waals surface area contributed by atoms with E-state index in [1.165, 1.54) is 103 Å². The van der Waals surface area contributed by atoms with Gasteiger partial charge in [0.25, 0.3) is 0 Å². The monoisotopic (exact) mass is 2040 g/mol. The third-order valence-corrected chi connectivity index (χ3v) is 40.6. The van der Waals surface area contributed by atoms with Gasteiger partial charge in [0.2, 0.25) is 23.6 Å². The molecular formula is C110H156N4O20S4Si2. The zero-order valence-electron chi connectivity index (χ0n) is 86.4. The Balaban J connectivity index is 0.000000210. The molecule has 4 saturated heterocycles. The summed E-state index contributed by atoms with van der Waals surface area (Å²) in [5.74, 6) is -1.69. The Morgan fingerprint density at radius 3 is 0.907 bits per heavy atom. The average Bonchev–Trinajstić information content (AvgIpc) is 1.57. The van der Waals surface area contributed by atoms with Gasteiger partial charge in [0.1, 0.15) is 19.5 Å². The lowest BCUT2D eigenvalue weighted by atomic mass is 10.0. The first-order valence-electron chi connectivity index (χ1n) is 50.3. The van der Waals surface area contributed by atoms with Crippen molar-refractivity contribution in [1.82, 2.24) is 0 Å². The summed E-state index contributed by atoms with van der Waals surface area (Å²) in [6, 6.07) is 46.2. The zero-order chi connectivity index (χ0) is 102. The standard InChI is InChI=1S/C31H47NO5SSi.C30H45NO5SSi.C25H33NO5S.C24H31NO5S/c1-9-10-11-12-27(37-39(7,8)31(3,4)5)23-13-15-24(16-14-23)32-25(19-22(2)29(32)33)20-36-21-26-17-18-28(38-26)30(34)35-6;1-8-9-10-11-26(36-38(6,7)30(2,3)4)22-12-14-23(15-13-22)31-24(16-19-28(31)32)20-35-21-25-17-18-27(37-25)29(33)34-5;1-4-5-6-7-22(27)18-8-10-19(11-9-18)26-20(14-17(2)24(26)28)15-31-16-21-12-13-23(32-21)25(29)30-3;1-3-4-5-6-21(26)17-7-9-18(10-8-17)25-19(13-16(2)23(25)27)14-30-15-20-11-12-22(31-20)24(28)29/h13-18,22,25,27H,9-12,19-21H2,1-8H3;12-15,17-18,24,26H,8-11,16,19-21H2,1-7H3;8-13,17,20,22,27H,4-7,14-16H2,1-3H3;7-12,16,19,21,26H,3-6,13-15H2,1-2H3,(H,28,29)/t22?,25-,27+;24-,26+;17?,20-,22+;16?,19-,21+/m1111/s1. The van der Waals surface area contributed by atoms with Crippen LogP contribution in [0.15, 0.2) is 146 Å². The molecule has 0 bridgehead atoms. The van der Waals surface area contributed by atoms with Crippen LogP contribution in [0.25, 0.3) is 0 Å². The van der Waals surface area contributed by atoms with E-state index in [1.807, 2.05) is 102 Å². The van der Waals surface area contributed by atoms with E-state index in [2.05, 4.69) is 144 Å². The van der Waals surface area contributed by atoms with Crippen molar-refractivity contribution in [3.05, 3.63) is 207 Å². The quantitative estimate of drug-likeness (QED) is 0.0138. The van der Waals surface area contributed by atoms with E-state index in [9.17, 15) is 48.6 Å². The van der Waals surface area contributed by atoms with Crippen molar-refractivity contribution in [2.75, 3.05) is 67.4 Å². The van der Waals surface area contributed by atoms with E-state index >= 15 is 0 Å². The van der Waals surface area contributed by atoms with Gasteiger partial charge in [-0.3, -0.25) is 19.2 Å². The lowest BCUT2D eigenvalue weighted by Crippen LogP contribution is -2.41. The number of aliphatic hydroxyl groups excluding tert-OH is 2. The second kappa shape index (κ2) is 55.6. The molecule has 11 atom stereocenters. The number of benzene rings is 4. The molecule has 12 rings (SSSR count). The number of nitrogens with zero attached hydrogens (tertiary/aromatic N) is 4. The molecule has 140 heavy (non-hydrogen) atoms. The molecule has 4 aromatic heterocycles. The molecule has 0 aliphatic carbocycles. The predicted octanol–water partition coefficient (Wildman–Crippen LogP) is 26.2. The number of aliphatic hydroxyl groups is 2. The second-order valence-electron chi connectivity index (χ2n) is 40.5. The number of carbonyl (C=O) groups excluding carboxylic acids is 7. The minimum Gasteiger partial charge on any atom is -0.477 e. The Hall–Kier alpha value is -8.45. The first kappa shape index (κ1) is 115. The summed E-state index contributed by atoms with van der Waals surface area (Å²) in [6.07, 6.45) is 19.8. The molecule has 0 saturated carbocycles. The van der Waals surface area contributed by atoms with Crippen LogP contribution < -0.4 is 19.6 Å². The highest BCUT2D eigenvalue weighted by atomic mass is 32.1. The van der Waals surface area contributed by atoms with Crippen LogP contribution in [0.5, 0.6) is 0 Å². The van der Waals surface area contributed by atoms with Crippen molar-refractivity contribution in [3.63, 3.8) is 0 Å². The number of carbonyl (C=O) groups is 8. The normalized spacial score (nSPS) is 18.7. The van der Waals surface area contributed by atoms with Crippen LogP contribution in [0.3, 0.4) is 0 Å². The lowest BCUT2D eigenvalue weighted by Gasteiger charge is -2.39. The minimum atomic E-state index is -1.94. The largest absolute Gasteiger partial charge is 0.477 e. The van der Waals surface area contributed by atoms with Gasteiger partial charge in [0.15, 0.2) is 16.6 Å². The second-order valence-corrected chi connectivity index (χ2v) is 54.7. The van der Waals surface area contributed by atoms with Crippen LogP contribution in [-0.4, -0.2) is 151 Å². The highest BCUT2D eigenvalue weighted by Gasteiger charge is 2.45. The third kappa shape index (κ3) is 33.0. The highest BCUT2D eigenvalue weighted by molar-refractivity contribution is 7.15. The molecule has 4 aliphatic rings. The van der Waals surface area contributed by atoms with Crippen LogP contribution in [0.2, 0.25) is 36.3 Å². The molecule has 0 spiro atoms. The first-order chi connectivity index (χ1) is 66.7. The number of anilines is 4. The number of hydrogen-bond acceptors (Lipinski definition) is 23. The fraction of sp³-hybridized carbons (Fsp3) is 0.564. The molecule has 4 aromatic carbocycles.